The smallest absolute Gasteiger partial charge is 0.0437 e. The van der Waals surface area contributed by atoms with E-state index >= 15 is 0 Å². The molecule has 2 heteroatoms. The summed E-state index contributed by atoms with van der Waals surface area (Å²) in [6.45, 7) is 4.74. The van der Waals surface area contributed by atoms with Gasteiger partial charge in [-0.25, -0.2) is 0 Å². The van der Waals surface area contributed by atoms with E-state index in [0.717, 1.165) is 19.5 Å². The lowest BCUT2D eigenvalue weighted by molar-refractivity contribution is 0.109. The Hall–Kier alpha value is -0.0800. The summed E-state index contributed by atoms with van der Waals surface area (Å²) in [6.07, 6.45) is 2.16. The number of aliphatic hydroxyl groups excluding tert-OH is 1. The maximum absolute atomic E-state index is 8.67. The van der Waals surface area contributed by atoms with Crippen LogP contribution < -0.4 is 5.32 Å². The van der Waals surface area contributed by atoms with E-state index in [4.69, 9.17) is 5.11 Å². The molecule has 9 heavy (non-hydrogen) atoms. The van der Waals surface area contributed by atoms with E-state index in [9.17, 15) is 0 Å². The first-order valence-corrected chi connectivity index (χ1v) is 3.64. The van der Waals surface area contributed by atoms with Crippen LogP contribution in [0.25, 0.3) is 0 Å². The lowest BCUT2D eigenvalue weighted by Crippen LogP contribution is -2.53. The second-order valence-electron chi connectivity index (χ2n) is 2.93. The molecule has 2 N–H and O–H groups in total. The highest BCUT2D eigenvalue weighted by molar-refractivity contribution is 4.90. The molecule has 1 aliphatic heterocycles. The van der Waals surface area contributed by atoms with Gasteiger partial charge in [0.05, 0.1) is 0 Å². The van der Waals surface area contributed by atoms with E-state index in [1.54, 1.807) is 0 Å². The summed E-state index contributed by atoms with van der Waals surface area (Å²) < 4.78 is 0. The molecule has 0 atom stereocenters. The van der Waals surface area contributed by atoms with E-state index in [1.807, 2.05) is 0 Å². The van der Waals surface area contributed by atoms with E-state index in [1.165, 1.54) is 6.42 Å². The summed E-state index contributed by atoms with van der Waals surface area (Å²) in [4.78, 5) is 0. The fraction of sp³-hybridized carbons (Fsp3) is 1.00. The summed E-state index contributed by atoms with van der Waals surface area (Å²) in [5, 5.41) is 11.9. The topological polar surface area (TPSA) is 32.3 Å². The number of nitrogens with one attached hydrogen (secondary N) is 1. The van der Waals surface area contributed by atoms with Gasteiger partial charge in [-0.15, -0.1) is 0 Å². The molecule has 0 unspecified atom stereocenters. The highest BCUT2D eigenvalue weighted by Gasteiger charge is 2.33. The minimum atomic E-state index is 0.343. The first-order valence-electron chi connectivity index (χ1n) is 3.64. The largest absolute Gasteiger partial charge is 0.396 e. The third-order valence-corrected chi connectivity index (χ3v) is 2.39. The molecule has 0 spiro atoms. The van der Waals surface area contributed by atoms with E-state index in [2.05, 4.69) is 12.2 Å². The maximum atomic E-state index is 8.67. The van der Waals surface area contributed by atoms with Gasteiger partial charge in [-0.3, -0.25) is 0 Å². The standard InChI is InChI=1S/C7H15NO/c1-2-7(3-4-9)5-8-6-7/h8-9H,2-6H2,1H3. The molecule has 1 rings (SSSR count). The minimum Gasteiger partial charge on any atom is -0.396 e. The summed E-state index contributed by atoms with van der Waals surface area (Å²) in [5.41, 5.74) is 0.453. The Balaban J connectivity index is 2.28. The monoisotopic (exact) mass is 129 g/mol. The molecule has 0 aromatic rings. The highest BCUT2D eigenvalue weighted by atomic mass is 16.3. The number of hydrogen-bond acceptors (Lipinski definition) is 2. The molecule has 54 valence electrons. The van der Waals surface area contributed by atoms with Crippen LogP contribution in [0.1, 0.15) is 19.8 Å². The van der Waals surface area contributed by atoms with Crippen molar-refractivity contribution in [3.63, 3.8) is 0 Å². The Labute approximate surface area is 56.3 Å². The molecule has 0 amide bonds. The Morgan fingerprint density at radius 2 is 2.22 bits per heavy atom. The van der Waals surface area contributed by atoms with Gasteiger partial charge in [0.25, 0.3) is 0 Å². The first kappa shape index (κ1) is 7.03. The van der Waals surface area contributed by atoms with Crippen LogP contribution in [-0.4, -0.2) is 24.8 Å². The Morgan fingerprint density at radius 3 is 2.33 bits per heavy atom. The van der Waals surface area contributed by atoms with Crippen molar-refractivity contribution in [2.75, 3.05) is 19.7 Å². The van der Waals surface area contributed by atoms with Gasteiger partial charge >= 0.3 is 0 Å². The molecule has 2 nitrogen and oxygen atoms in total. The summed E-state index contributed by atoms with van der Waals surface area (Å²) >= 11 is 0. The van der Waals surface area contributed by atoms with Crippen molar-refractivity contribution in [2.45, 2.75) is 19.8 Å². The zero-order valence-electron chi connectivity index (χ0n) is 5.98. The van der Waals surface area contributed by atoms with Crippen LogP contribution >= 0.6 is 0 Å². The average molecular weight is 129 g/mol. The Kier molecular flexibility index (Phi) is 2.09. The molecule has 0 radical (unpaired) electrons. The second-order valence-corrected chi connectivity index (χ2v) is 2.93. The van der Waals surface area contributed by atoms with Crippen LogP contribution in [0.4, 0.5) is 0 Å². The molecule has 1 aliphatic rings. The van der Waals surface area contributed by atoms with E-state index < -0.39 is 0 Å². The molecular formula is C7H15NO. The van der Waals surface area contributed by atoms with Gasteiger partial charge in [0.1, 0.15) is 0 Å². The molecule has 1 fully saturated rings. The molecule has 0 aromatic heterocycles. The van der Waals surface area contributed by atoms with Crippen molar-refractivity contribution < 1.29 is 5.11 Å². The van der Waals surface area contributed by atoms with Crippen molar-refractivity contribution in [1.82, 2.24) is 5.32 Å². The van der Waals surface area contributed by atoms with Crippen molar-refractivity contribution in [2.24, 2.45) is 5.41 Å². The van der Waals surface area contributed by atoms with Crippen molar-refractivity contribution in [3.8, 4) is 0 Å². The van der Waals surface area contributed by atoms with Gasteiger partial charge in [-0.05, 0) is 18.3 Å². The SMILES string of the molecule is CCC1(CCO)CNC1. The van der Waals surface area contributed by atoms with Crippen LogP contribution in [0.3, 0.4) is 0 Å². The summed E-state index contributed by atoms with van der Waals surface area (Å²) in [5.74, 6) is 0. The predicted molar refractivity (Wildman–Crippen MR) is 37.3 cm³/mol. The van der Waals surface area contributed by atoms with Crippen LogP contribution in [0.5, 0.6) is 0 Å². The normalized spacial score (nSPS) is 23.3. The second kappa shape index (κ2) is 2.67. The number of aliphatic hydroxyl groups is 1. The lowest BCUT2D eigenvalue weighted by Gasteiger charge is -2.41. The molecule has 0 saturated carbocycles. The predicted octanol–water partition coefficient (Wildman–Crippen LogP) is 0.368. The average Bonchev–Trinajstić information content (AvgIpc) is 1.79. The Bertz CT molecular complexity index is 83.4. The van der Waals surface area contributed by atoms with Gasteiger partial charge in [0.2, 0.25) is 0 Å². The zero-order chi connectivity index (χ0) is 6.74. The van der Waals surface area contributed by atoms with Gasteiger partial charge in [-0.2, -0.15) is 0 Å². The molecule has 0 aromatic carbocycles. The van der Waals surface area contributed by atoms with Crippen molar-refractivity contribution in [1.29, 1.82) is 0 Å². The molecule has 1 saturated heterocycles. The summed E-state index contributed by atoms with van der Waals surface area (Å²) in [7, 11) is 0. The van der Waals surface area contributed by atoms with Crippen LogP contribution in [0.2, 0.25) is 0 Å². The van der Waals surface area contributed by atoms with Crippen LogP contribution in [0, 0.1) is 5.41 Å². The van der Waals surface area contributed by atoms with Gasteiger partial charge < -0.3 is 10.4 Å². The zero-order valence-corrected chi connectivity index (χ0v) is 5.98. The van der Waals surface area contributed by atoms with Crippen LogP contribution in [-0.2, 0) is 0 Å². The molecule has 1 heterocycles. The molecule has 0 bridgehead atoms. The first-order chi connectivity index (χ1) is 4.33. The Morgan fingerprint density at radius 1 is 1.56 bits per heavy atom. The van der Waals surface area contributed by atoms with Crippen molar-refractivity contribution >= 4 is 0 Å². The number of hydrogen-bond donors (Lipinski definition) is 2. The molecule has 0 aliphatic carbocycles. The van der Waals surface area contributed by atoms with Gasteiger partial charge in [-0.1, -0.05) is 6.92 Å². The summed E-state index contributed by atoms with van der Waals surface area (Å²) in [6, 6.07) is 0. The minimum absolute atomic E-state index is 0.343. The van der Waals surface area contributed by atoms with Crippen LogP contribution in [0.15, 0.2) is 0 Å². The fourth-order valence-corrected chi connectivity index (χ4v) is 1.32. The third kappa shape index (κ3) is 1.25. The fourth-order valence-electron chi connectivity index (χ4n) is 1.32. The maximum Gasteiger partial charge on any atom is 0.0437 e. The lowest BCUT2D eigenvalue weighted by atomic mass is 9.77. The molecular weight excluding hydrogens is 114 g/mol. The van der Waals surface area contributed by atoms with Crippen molar-refractivity contribution in [3.05, 3.63) is 0 Å². The van der Waals surface area contributed by atoms with E-state index in [-0.39, 0.29) is 0 Å². The number of rotatable bonds is 3. The van der Waals surface area contributed by atoms with Gasteiger partial charge in [0.15, 0.2) is 0 Å². The van der Waals surface area contributed by atoms with Gasteiger partial charge in [0, 0.05) is 19.7 Å². The highest BCUT2D eigenvalue weighted by Crippen LogP contribution is 2.29. The quantitative estimate of drug-likeness (QED) is 0.577. The van der Waals surface area contributed by atoms with E-state index in [0.29, 0.717) is 12.0 Å². The third-order valence-electron chi connectivity index (χ3n) is 2.39.